The molecule has 9 heteroatoms. The Morgan fingerprint density at radius 1 is 1.24 bits per heavy atom. The highest BCUT2D eigenvalue weighted by Gasteiger charge is 2.23. The number of carbonyl (C=O) groups is 1. The van der Waals surface area contributed by atoms with Crippen molar-refractivity contribution in [2.24, 2.45) is 0 Å². The van der Waals surface area contributed by atoms with Gasteiger partial charge in [-0.15, -0.1) is 0 Å². The summed E-state index contributed by atoms with van der Waals surface area (Å²) in [4.78, 5) is 22.0. The number of rotatable bonds is 8. The molecule has 0 bridgehead atoms. The van der Waals surface area contributed by atoms with Gasteiger partial charge in [0.15, 0.2) is 11.6 Å². The van der Waals surface area contributed by atoms with Crippen molar-refractivity contribution < 1.29 is 23.4 Å². The average Bonchev–Trinajstić information content (AvgIpc) is 2.65. The van der Waals surface area contributed by atoms with Gasteiger partial charge < -0.3 is 24.0 Å². The second kappa shape index (κ2) is 10.6. The van der Waals surface area contributed by atoms with Gasteiger partial charge in [-0.05, 0) is 20.8 Å². The number of likely N-dealkylation sites (N-methyl/N-ethyl adjacent to an activating group) is 1. The van der Waals surface area contributed by atoms with Crippen molar-refractivity contribution in [3.8, 4) is 5.75 Å². The van der Waals surface area contributed by atoms with Gasteiger partial charge in [-0.1, -0.05) is 0 Å². The van der Waals surface area contributed by atoms with Crippen LogP contribution in [-0.2, 0) is 9.47 Å². The first-order valence-corrected chi connectivity index (χ1v) is 9.88. The van der Waals surface area contributed by atoms with E-state index in [-0.39, 0.29) is 6.09 Å². The monoisotopic (exact) mass is 412 g/mol. The van der Waals surface area contributed by atoms with E-state index in [9.17, 15) is 9.18 Å². The summed E-state index contributed by atoms with van der Waals surface area (Å²) in [5.41, 5.74) is -0.502. The fourth-order valence-electron chi connectivity index (χ4n) is 2.87. The minimum Gasteiger partial charge on any atom is -0.489 e. The zero-order chi connectivity index (χ0) is 21.4. The minimum atomic E-state index is -0.502. The number of amides is 1. The van der Waals surface area contributed by atoms with Crippen molar-refractivity contribution in [3.63, 3.8) is 0 Å². The number of nitrogens with zero attached hydrogens (tertiary/aromatic N) is 4. The molecule has 8 nitrogen and oxygen atoms in total. The molecule has 1 amide bonds. The molecule has 164 valence electrons. The molecule has 0 N–H and O–H groups in total. The Morgan fingerprint density at radius 2 is 1.93 bits per heavy atom. The molecule has 2 heterocycles. The number of anilines is 1. The summed E-state index contributed by atoms with van der Waals surface area (Å²) < 4.78 is 30.1. The highest BCUT2D eigenvalue weighted by molar-refractivity contribution is 5.67. The molecular formula is C20H33FN4O4. The number of pyridine rings is 1. The minimum absolute atomic E-state index is 0.324. The van der Waals surface area contributed by atoms with Gasteiger partial charge in [0.25, 0.3) is 0 Å². The van der Waals surface area contributed by atoms with Crippen molar-refractivity contribution >= 4 is 11.9 Å². The number of hydrogen-bond donors (Lipinski definition) is 0. The molecule has 1 aliphatic heterocycles. The Labute approximate surface area is 172 Å². The first-order chi connectivity index (χ1) is 13.7. The number of aromatic nitrogens is 1. The van der Waals surface area contributed by atoms with Gasteiger partial charge in [0, 0.05) is 59.5 Å². The van der Waals surface area contributed by atoms with E-state index in [1.165, 1.54) is 12.3 Å². The molecule has 1 aromatic rings. The number of ether oxygens (including phenoxy) is 3. The maximum atomic E-state index is 14.4. The van der Waals surface area contributed by atoms with E-state index in [2.05, 4.69) is 9.88 Å². The van der Waals surface area contributed by atoms with E-state index in [0.717, 1.165) is 19.6 Å². The molecule has 29 heavy (non-hydrogen) atoms. The Balaban J connectivity index is 1.78. The molecular weight excluding hydrogens is 379 g/mol. The molecule has 1 saturated heterocycles. The summed E-state index contributed by atoms with van der Waals surface area (Å²) in [6.45, 7) is 10.6. The first kappa shape index (κ1) is 23.2. The smallest absolute Gasteiger partial charge is 0.410 e. The summed E-state index contributed by atoms with van der Waals surface area (Å²) in [7, 11) is 3.32. The molecule has 0 saturated carbocycles. The molecule has 0 spiro atoms. The van der Waals surface area contributed by atoms with Crippen LogP contribution in [0.5, 0.6) is 5.75 Å². The molecule has 0 aromatic carbocycles. The van der Waals surface area contributed by atoms with E-state index >= 15 is 0 Å². The van der Waals surface area contributed by atoms with Crippen LogP contribution in [0, 0.1) is 5.82 Å². The maximum absolute atomic E-state index is 14.4. The van der Waals surface area contributed by atoms with Crippen molar-refractivity contribution in [3.05, 3.63) is 18.1 Å². The van der Waals surface area contributed by atoms with E-state index in [4.69, 9.17) is 14.2 Å². The van der Waals surface area contributed by atoms with Gasteiger partial charge in [0.05, 0.1) is 12.8 Å². The summed E-state index contributed by atoms with van der Waals surface area (Å²) in [6, 6.07) is 1.36. The molecule has 1 aliphatic rings. The number of methoxy groups -OCH3 is 1. The first-order valence-electron chi connectivity index (χ1n) is 9.88. The lowest BCUT2D eigenvalue weighted by Gasteiger charge is -2.36. The van der Waals surface area contributed by atoms with E-state index in [0.29, 0.717) is 44.4 Å². The van der Waals surface area contributed by atoms with Crippen molar-refractivity contribution in [2.75, 3.05) is 71.5 Å². The zero-order valence-electron chi connectivity index (χ0n) is 18.1. The van der Waals surface area contributed by atoms with Gasteiger partial charge >= 0.3 is 6.09 Å². The number of piperazine rings is 1. The molecule has 1 fully saturated rings. The summed E-state index contributed by atoms with van der Waals surface area (Å²) in [5.74, 6) is 0.347. The Hall–Kier alpha value is -2.13. The normalized spacial score (nSPS) is 15.3. The molecule has 0 radical (unpaired) electrons. The summed E-state index contributed by atoms with van der Waals surface area (Å²) in [6.07, 6.45) is 1.21. The second-order valence-corrected chi connectivity index (χ2v) is 8.05. The van der Waals surface area contributed by atoms with Gasteiger partial charge in [-0.2, -0.15) is 0 Å². The third-order valence-electron chi connectivity index (χ3n) is 4.48. The van der Waals surface area contributed by atoms with E-state index in [1.807, 2.05) is 25.7 Å². The van der Waals surface area contributed by atoms with Gasteiger partial charge in [-0.25, -0.2) is 14.2 Å². The van der Waals surface area contributed by atoms with Crippen molar-refractivity contribution in [1.29, 1.82) is 0 Å². The second-order valence-electron chi connectivity index (χ2n) is 8.05. The topological polar surface area (TPSA) is 67.4 Å². The van der Waals surface area contributed by atoms with E-state index in [1.54, 1.807) is 19.1 Å². The Kier molecular flexibility index (Phi) is 8.45. The molecule has 0 aliphatic carbocycles. The average molecular weight is 413 g/mol. The lowest BCUT2D eigenvalue weighted by atomic mass is 10.2. The fourth-order valence-corrected chi connectivity index (χ4v) is 2.87. The summed E-state index contributed by atoms with van der Waals surface area (Å²) in [5, 5.41) is 0. The Bertz CT molecular complexity index is 660. The van der Waals surface area contributed by atoms with Crippen LogP contribution >= 0.6 is 0 Å². The third kappa shape index (κ3) is 7.66. The number of hydrogen-bond acceptors (Lipinski definition) is 7. The predicted molar refractivity (Wildman–Crippen MR) is 109 cm³/mol. The molecule has 0 unspecified atom stereocenters. The lowest BCUT2D eigenvalue weighted by molar-refractivity contribution is 0.0282. The van der Waals surface area contributed by atoms with Crippen LogP contribution in [0.3, 0.4) is 0 Å². The predicted octanol–water partition coefficient (Wildman–Crippen LogP) is 2.23. The number of carbonyl (C=O) groups excluding carboxylic acids is 1. The van der Waals surface area contributed by atoms with Crippen LogP contribution in [-0.4, -0.2) is 93.1 Å². The van der Waals surface area contributed by atoms with Crippen LogP contribution in [0.2, 0.25) is 0 Å². The SMILES string of the molecule is COCCOc1cnc(N2CCN(CCN(C)C(=O)OC(C)(C)C)CC2)c(F)c1. The van der Waals surface area contributed by atoms with Crippen LogP contribution < -0.4 is 9.64 Å². The van der Waals surface area contributed by atoms with Crippen LogP contribution in [0.15, 0.2) is 12.3 Å². The Morgan fingerprint density at radius 3 is 2.52 bits per heavy atom. The standard InChI is InChI=1S/C20H33FN4O4/c1-20(2,3)29-19(26)23(4)6-7-24-8-10-25(11-9-24)18-17(21)14-16(15-22-18)28-13-12-27-5/h14-15H,6-13H2,1-5H3. The summed E-state index contributed by atoms with van der Waals surface area (Å²) >= 11 is 0. The molecule has 0 atom stereocenters. The number of halogens is 1. The van der Waals surface area contributed by atoms with Crippen molar-refractivity contribution in [1.82, 2.24) is 14.8 Å². The highest BCUT2D eigenvalue weighted by Crippen LogP contribution is 2.22. The van der Waals surface area contributed by atoms with Crippen LogP contribution in [0.1, 0.15) is 20.8 Å². The lowest BCUT2D eigenvalue weighted by Crippen LogP contribution is -2.49. The fraction of sp³-hybridized carbons (Fsp3) is 0.700. The van der Waals surface area contributed by atoms with Crippen molar-refractivity contribution in [2.45, 2.75) is 26.4 Å². The molecule has 2 rings (SSSR count). The van der Waals surface area contributed by atoms with Gasteiger partial charge in [0.1, 0.15) is 18.0 Å². The zero-order valence-corrected chi connectivity index (χ0v) is 18.1. The highest BCUT2D eigenvalue weighted by atomic mass is 19.1. The maximum Gasteiger partial charge on any atom is 0.410 e. The third-order valence-corrected chi connectivity index (χ3v) is 4.48. The van der Waals surface area contributed by atoms with Crippen LogP contribution in [0.25, 0.3) is 0 Å². The quantitative estimate of drug-likeness (QED) is 0.607. The van der Waals surface area contributed by atoms with Gasteiger partial charge in [-0.3, -0.25) is 4.90 Å². The van der Waals surface area contributed by atoms with Crippen LogP contribution in [0.4, 0.5) is 15.0 Å². The van der Waals surface area contributed by atoms with Gasteiger partial charge in [0.2, 0.25) is 0 Å². The molecule has 1 aromatic heterocycles. The van der Waals surface area contributed by atoms with E-state index < -0.39 is 11.4 Å². The largest absolute Gasteiger partial charge is 0.489 e.